The van der Waals surface area contributed by atoms with E-state index in [2.05, 4.69) is 84.6 Å². The van der Waals surface area contributed by atoms with E-state index in [-0.39, 0.29) is 0 Å². The monoisotopic (exact) mass is 345 g/mol. The van der Waals surface area contributed by atoms with Gasteiger partial charge in [-0.3, -0.25) is 0 Å². The van der Waals surface area contributed by atoms with Crippen molar-refractivity contribution >= 4 is 15.9 Å². The highest BCUT2D eigenvalue weighted by Gasteiger charge is 2.14. The van der Waals surface area contributed by atoms with Gasteiger partial charge in [-0.15, -0.1) is 0 Å². The highest BCUT2D eigenvalue weighted by molar-refractivity contribution is 9.10. The minimum absolute atomic E-state index is 0.362. The van der Waals surface area contributed by atoms with E-state index < -0.39 is 0 Å². The summed E-state index contributed by atoms with van der Waals surface area (Å²) in [5.41, 5.74) is 5.66. The smallest absolute Gasteiger partial charge is 0.0361 e. The third-order valence-electron chi connectivity index (χ3n) is 4.05. The number of likely N-dealkylation sites (N-methyl/N-ethyl adjacent to an activating group) is 1. The summed E-state index contributed by atoms with van der Waals surface area (Å²) < 4.78 is 1.15. The third-order valence-corrected chi connectivity index (χ3v) is 4.55. The first kappa shape index (κ1) is 16.3. The Bertz CT molecular complexity index is 592. The molecule has 0 saturated carbocycles. The number of aryl methyl sites for hydroxylation is 2. The van der Waals surface area contributed by atoms with E-state index in [0.717, 1.165) is 23.7 Å². The summed E-state index contributed by atoms with van der Waals surface area (Å²) in [6, 6.07) is 15.9. The normalized spacial score (nSPS) is 12.4. The van der Waals surface area contributed by atoms with E-state index in [1.807, 2.05) is 0 Å². The molecule has 2 rings (SSSR count). The Morgan fingerprint density at radius 2 is 1.81 bits per heavy atom. The largest absolute Gasteiger partial charge is 0.313 e. The molecule has 0 heterocycles. The zero-order valence-electron chi connectivity index (χ0n) is 13.1. The molecule has 0 fully saturated rings. The van der Waals surface area contributed by atoms with Crippen LogP contribution in [-0.2, 0) is 19.3 Å². The van der Waals surface area contributed by atoms with Gasteiger partial charge in [0, 0.05) is 10.5 Å². The molecule has 2 heteroatoms. The second kappa shape index (κ2) is 7.77. The van der Waals surface area contributed by atoms with Crippen LogP contribution < -0.4 is 5.32 Å². The van der Waals surface area contributed by atoms with E-state index in [4.69, 9.17) is 0 Å². The van der Waals surface area contributed by atoms with E-state index in [1.165, 1.54) is 22.3 Å². The molecule has 0 saturated heterocycles. The molecule has 0 aliphatic heterocycles. The number of hydrogen-bond acceptors (Lipinski definition) is 1. The number of halogens is 1. The lowest BCUT2D eigenvalue weighted by Gasteiger charge is -2.21. The van der Waals surface area contributed by atoms with Crippen molar-refractivity contribution in [1.82, 2.24) is 5.32 Å². The van der Waals surface area contributed by atoms with Gasteiger partial charge in [0.1, 0.15) is 0 Å². The van der Waals surface area contributed by atoms with Crippen molar-refractivity contribution in [2.24, 2.45) is 0 Å². The predicted octanol–water partition coefficient (Wildman–Crippen LogP) is 5.08. The summed E-state index contributed by atoms with van der Waals surface area (Å²) in [5, 5.41) is 3.50. The van der Waals surface area contributed by atoms with Gasteiger partial charge in [-0.25, -0.2) is 0 Å². The molecule has 21 heavy (non-hydrogen) atoms. The minimum atomic E-state index is 0.362. The molecule has 2 aromatic carbocycles. The Kier molecular flexibility index (Phi) is 6.01. The molecule has 0 bridgehead atoms. The molecule has 2 aromatic rings. The van der Waals surface area contributed by atoms with Crippen molar-refractivity contribution in [3.63, 3.8) is 0 Å². The van der Waals surface area contributed by atoms with Crippen molar-refractivity contribution in [3.8, 4) is 0 Å². The van der Waals surface area contributed by atoms with Gasteiger partial charge < -0.3 is 5.32 Å². The molecule has 0 spiro atoms. The van der Waals surface area contributed by atoms with Crippen LogP contribution >= 0.6 is 15.9 Å². The van der Waals surface area contributed by atoms with Crippen LogP contribution in [0.1, 0.15) is 42.1 Å². The minimum Gasteiger partial charge on any atom is -0.313 e. The summed E-state index contributed by atoms with van der Waals surface area (Å²) in [6.07, 6.45) is 3.18. The topological polar surface area (TPSA) is 12.0 Å². The zero-order valence-corrected chi connectivity index (χ0v) is 14.7. The molecule has 0 amide bonds. The Morgan fingerprint density at radius 3 is 2.43 bits per heavy atom. The van der Waals surface area contributed by atoms with Gasteiger partial charge in [-0.2, -0.15) is 0 Å². The lowest BCUT2D eigenvalue weighted by Crippen LogP contribution is -2.20. The predicted molar refractivity (Wildman–Crippen MR) is 94.8 cm³/mol. The average molecular weight is 346 g/mol. The fourth-order valence-corrected chi connectivity index (χ4v) is 3.22. The number of benzene rings is 2. The number of nitrogens with one attached hydrogen (secondary N) is 1. The third kappa shape index (κ3) is 4.18. The summed E-state index contributed by atoms with van der Waals surface area (Å²) >= 11 is 3.56. The SMILES string of the molecule is CCc1ccc(CC)c(C(Cc2cccc(Br)c2)NC)c1. The molecule has 112 valence electrons. The first-order chi connectivity index (χ1) is 10.2. The summed E-state index contributed by atoms with van der Waals surface area (Å²) in [6.45, 7) is 4.45. The molecule has 1 unspecified atom stereocenters. The number of hydrogen-bond donors (Lipinski definition) is 1. The maximum atomic E-state index is 3.56. The molecule has 1 atom stereocenters. The van der Waals surface area contributed by atoms with Crippen LogP contribution in [0.4, 0.5) is 0 Å². The van der Waals surface area contributed by atoms with Crippen molar-refractivity contribution in [1.29, 1.82) is 0 Å². The molecule has 0 aromatic heterocycles. The molecule has 1 nitrogen and oxygen atoms in total. The Hall–Kier alpha value is -1.12. The van der Waals surface area contributed by atoms with E-state index in [0.29, 0.717) is 6.04 Å². The van der Waals surface area contributed by atoms with Gasteiger partial charge in [0.25, 0.3) is 0 Å². The van der Waals surface area contributed by atoms with Crippen LogP contribution in [-0.4, -0.2) is 7.05 Å². The van der Waals surface area contributed by atoms with Gasteiger partial charge >= 0.3 is 0 Å². The van der Waals surface area contributed by atoms with Crippen LogP contribution in [0.15, 0.2) is 46.9 Å². The van der Waals surface area contributed by atoms with Crippen LogP contribution in [0.5, 0.6) is 0 Å². The van der Waals surface area contributed by atoms with E-state index in [1.54, 1.807) is 0 Å². The summed E-state index contributed by atoms with van der Waals surface area (Å²) in [4.78, 5) is 0. The Labute approximate surface area is 136 Å². The van der Waals surface area contributed by atoms with Crippen LogP contribution in [0.2, 0.25) is 0 Å². The van der Waals surface area contributed by atoms with Gasteiger partial charge in [0.15, 0.2) is 0 Å². The lowest BCUT2D eigenvalue weighted by atomic mass is 9.91. The van der Waals surface area contributed by atoms with Crippen LogP contribution in [0.3, 0.4) is 0 Å². The van der Waals surface area contributed by atoms with Gasteiger partial charge in [-0.1, -0.05) is 60.1 Å². The molecule has 0 aliphatic carbocycles. The highest BCUT2D eigenvalue weighted by Crippen LogP contribution is 2.25. The summed E-state index contributed by atoms with van der Waals surface area (Å²) in [5.74, 6) is 0. The molecular formula is C19H24BrN. The first-order valence-corrected chi connectivity index (χ1v) is 8.50. The van der Waals surface area contributed by atoms with Crippen LogP contribution in [0, 0.1) is 0 Å². The van der Waals surface area contributed by atoms with E-state index >= 15 is 0 Å². The maximum absolute atomic E-state index is 3.56. The zero-order chi connectivity index (χ0) is 15.2. The average Bonchev–Trinajstić information content (AvgIpc) is 2.52. The lowest BCUT2D eigenvalue weighted by molar-refractivity contribution is 0.586. The molecule has 0 aliphatic rings. The van der Waals surface area contributed by atoms with Gasteiger partial charge in [-0.05, 0) is 60.7 Å². The van der Waals surface area contributed by atoms with Crippen molar-refractivity contribution in [2.45, 2.75) is 39.2 Å². The second-order valence-corrected chi connectivity index (χ2v) is 6.33. The van der Waals surface area contributed by atoms with E-state index in [9.17, 15) is 0 Å². The van der Waals surface area contributed by atoms with Crippen LogP contribution in [0.25, 0.3) is 0 Å². The van der Waals surface area contributed by atoms with Crippen molar-refractivity contribution in [3.05, 3.63) is 69.2 Å². The van der Waals surface area contributed by atoms with Gasteiger partial charge in [0.05, 0.1) is 0 Å². The molecule has 1 N–H and O–H groups in total. The second-order valence-electron chi connectivity index (χ2n) is 5.42. The van der Waals surface area contributed by atoms with Gasteiger partial charge in [0.2, 0.25) is 0 Å². The highest BCUT2D eigenvalue weighted by atomic mass is 79.9. The maximum Gasteiger partial charge on any atom is 0.0361 e. The fourth-order valence-electron chi connectivity index (χ4n) is 2.78. The molecule has 0 radical (unpaired) electrons. The quantitative estimate of drug-likeness (QED) is 0.769. The fraction of sp³-hybridized carbons (Fsp3) is 0.368. The molecular weight excluding hydrogens is 322 g/mol. The Balaban J connectivity index is 2.32. The number of rotatable bonds is 6. The first-order valence-electron chi connectivity index (χ1n) is 7.71. The van der Waals surface area contributed by atoms with Crippen molar-refractivity contribution < 1.29 is 0 Å². The van der Waals surface area contributed by atoms with Crippen molar-refractivity contribution in [2.75, 3.05) is 7.05 Å². The summed E-state index contributed by atoms with van der Waals surface area (Å²) in [7, 11) is 2.06. The Morgan fingerprint density at radius 1 is 1.00 bits per heavy atom. The standard InChI is InChI=1S/C19H24BrN/c1-4-14-9-10-16(5-2)18(12-14)19(21-3)13-15-7-6-8-17(20)11-15/h6-12,19,21H,4-5,13H2,1-3H3.